The Morgan fingerprint density at radius 2 is 0.760 bits per heavy atom. The van der Waals surface area contributed by atoms with Crippen LogP contribution in [0, 0.1) is 0 Å². The molecule has 0 unspecified atom stereocenters. The molecule has 2 heteroatoms. The quantitative estimate of drug-likeness (QED) is 0.192. The van der Waals surface area contributed by atoms with Gasteiger partial charge in [0.2, 0.25) is 0 Å². The van der Waals surface area contributed by atoms with E-state index >= 15 is 0 Å². The average molecular weight is 641 g/mol. The zero-order valence-electron chi connectivity index (χ0n) is 28.8. The van der Waals surface area contributed by atoms with Gasteiger partial charge >= 0.3 is 0 Å². The SMILES string of the molecule is CC1(C)c2ccccc2-c2ccc(-c3ccc(-c4ccc(-c5ccc6c(c5)C(C)(C)c5ccccc5-6)c5ncccc45)c4ncccc34)cc21. The molecule has 2 heterocycles. The topological polar surface area (TPSA) is 25.8 Å². The van der Waals surface area contributed by atoms with Crippen molar-refractivity contribution in [1.82, 2.24) is 9.97 Å². The maximum absolute atomic E-state index is 5.02. The molecular weight excluding hydrogens is 605 g/mol. The number of hydrogen-bond acceptors (Lipinski definition) is 2. The lowest BCUT2D eigenvalue weighted by Gasteiger charge is -2.22. The highest BCUT2D eigenvalue weighted by atomic mass is 14.7. The minimum absolute atomic E-state index is 0.0534. The van der Waals surface area contributed by atoms with Gasteiger partial charge in [-0.2, -0.15) is 0 Å². The van der Waals surface area contributed by atoms with Gasteiger partial charge in [0.15, 0.2) is 0 Å². The number of benzene rings is 6. The third-order valence-corrected chi connectivity index (χ3v) is 11.6. The lowest BCUT2D eigenvalue weighted by Crippen LogP contribution is -2.14. The van der Waals surface area contributed by atoms with Gasteiger partial charge in [0.1, 0.15) is 0 Å². The molecule has 2 nitrogen and oxygen atoms in total. The van der Waals surface area contributed by atoms with Crippen molar-refractivity contribution in [2.45, 2.75) is 38.5 Å². The second-order valence-corrected chi connectivity index (χ2v) is 15.0. The summed E-state index contributed by atoms with van der Waals surface area (Å²) in [6, 6.07) is 49.2. The molecule has 0 radical (unpaired) electrons. The van der Waals surface area contributed by atoms with Gasteiger partial charge in [0, 0.05) is 45.1 Å². The first-order valence-corrected chi connectivity index (χ1v) is 17.6. The molecule has 50 heavy (non-hydrogen) atoms. The van der Waals surface area contributed by atoms with Crippen molar-refractivity contribution in [1.29, 1.82) is 0 Å². The Hall–Kier alpha value is -5.86. The molecule has 0 saturated heterocycles. The first kappa shape index (κ1) is 29.1. The number of nitrogens with zero attached hydrogens (tertiary/aromatic N) is 2. The Morgan fingerprint density at radius 3 is 1.36 bits per heavy atom. The van der Waals surface area contributed by atoms with Crippen LogP contribution in [0.1, 0.15) is 49.9 Å². The minimum atomic E-state index is -0.0595. The molecule has 2 aliphatic rings. The summed E-state index contributed by atoms with van der Waals surface area (Å²) in [7, 11) is 0. The predicted molar refractivity (Wildman–Crippen MR) is 208 cm³/mol. The van der Waals surface area contributed by atoms with Crippen LogP contribution in [-0.4, -0.2) is 9.97 Å². The first-order chi connectivity index (χ1) is 24.3. The fourth-order valence-electron chi connectivity index (χ4n) is 9.03. The molecule has 0 atom stereocenters. The van der Waals surface area contributed by atoms with Crippen molar-refractivity contribution in [2.75, 3.05) is 0 Å². The third kappa shape index (κ3) is 3.96. The summed E-state index contributed by atoms with van der Waals surface area (Å²) in [6.45, 7) is 9.36. The zero-order chi connectivity index (χ0) is 33.8. The fourth-order valence-corrected chi connectivity index (χ4v) is 9.03. The minimum Gasteiger partial charge on any atom is -0.256 e. The van der Waals surface area contributed by atoms with E-state index in [0.29, 0.717) is 0 Å². The van der Waals surface area contributed by atoms with Gasteiger partial charge in [-0.3, -0.25) is 9.97 Å². The molecular formula is C48H36N2. The molecule has 6 aromatic carbocycles. The highest BCUT2D eigenvalue weighted by molar-refractivity contribution is 6.10. The smallest absolute Gasteiger partial charge is 0.0786 e. The van der Waals surface area contributed by atoms with Gasteiger partial charge in [-0.15, -0.1) is 0 Å². The molecule has 0 aliphatic heterocycles. The van der Waals surface area contributed by atoms with E-state index in [9.17, 15) is 0 Å². The summed E-state index contributed by atoms with van der Waals surface area (Å²) in [4.78, 5) is 10.0. The first-order valence-electron chi connectivity index (χ1n) is 17.6. The van der Waals surface area contributed by atoms with Crippen molar-refractivity contribution in [3.63, 3.8) is 0 Å². The van der Waals surface area contributed by atoms with Crippen LogP contribution in [0.25, 0.3) is 77.4 Å². The maximum Gasteiger partial charge on any atom is 0.0786 e. The van der Waals surface area contributed by atoms with Crippen molar-refractivity contribution in [3.05, 3.63) is 168 Å². The molecule has 0 N–H and O–H groups in total. The number of aromatic nitrogens is 2. The monoisotopic (exact) mass is 640 g/mol. The van der Waals surface area contributed by atoms with Gasteiger partial charge in [0.05, 0.1) is 11.0 Å². The van der Waals surface area contributed by atoms with E-state index in [0.717, 1.165) is 38.5 Å². The lowest BCUT2D eigenvalue weighted by molar-refractivity contribution is 0.660. The van der Waals surface area contributed by atoms with Crippen LogP contribution < -0.4 is 0 Å². The molecule has 0 spiro atoms. The second kappa shape index (κ2) is 10.3. The van der Waals surface area contributed by atoms with E-state index in [2.05, 4.69) is 155 Å². The van der Waals surface area contributed by atoms with Gasteiger partial charge in [-0.25, -0.2) is 0 Å². The molecule has 2 aromatic heterocycles. The molecule has 0 saturated carbocycles. The highest BCUT2D eigenvalue weighted by Gasteiger charge is 2.36. The molecule has 8 aromatic rings. The van der Waals surface area contributed by atoms with Crippen molar-refractivity contribution >= 4 is 21.8 Å². The Kier molecular flexibility index (Phi) is 6.01. The fraction of sp³-hybridized carbons (Fsp3) is 0.125. The van der Waals surface area contributed by atoms with Crippen molar-refractivity contribution in [3.8, 4) is 55.6 Å². The predicted octanol–water partition coefficient (Wildman–Crippen LogP) is 12.4. The third-order valence-electron chi connectivity index (χ3n) is 11.6. The largest absolute Gasteiger partial charge is 0.256 e. The molecule has 0 fully saturated rings. The van der Waals surface area contributed by atoms with Crippen LogP contribution in [0.3, 0.4) is 0 Å². The number of rotatable bonds is 3. The van der Waals surface area contributed by atoms with Gasteiger partial charge in [-0.1, -0.05) is 137 Å². The molecule has 0 bridgehead atoms. The van der Waals surface area contributed by atoms with Crippen LogP contribution >= 0.6 is 0 Å². The standard InChI is InChI=1S/C48H36N2/c1-47(2)41-15-7-5-11-34(41)36-19-17-29(27-43(36)47)31-21-24-40(46-38(31)13-9-26-50-46)33-23-22-32(45-39(33)14-10-25-49-45)30-18-20-37-35-12-6-8-16-42(35)48(3,4)44(37)28-30/h5-28H,1-4H3. The van der Waals surface area contributed by atoms with Crippen LogP contribution in [0.5, 0.6) is 0 Å². The highest BCUT2D eigenvalue weighted by Crippen LogP contribution is 2.51. The summed E-state index contributed by atoms with van der Waals surface area (Å²) < 4.78 is 0. The Morgan fingerprint density at radius 1 is 0.340 bits per heavy atom. The Balaban J connectivity index is 1.11. The molecule has 0 amide bonds. The zero-order valence-corrected chi connectivity index (χ0v) is 28.8. The second-order valence-electron chi connectivity index (χ2n) is 15.0. The van der Waals surface area contributed by atoms with Crippen LogP contribution in [0.2, 0.25) is 0 Å². The number of pyridine rings is 2. The molecule has 238 valence electrons. The van der Waals surface area contributed by atoms with E-state index in [4.69, 9.17) is 9.97 Å². The van der Waals surface area contributed by atoms with Crippen LogP contribution in [0.4, 0.5) is 0 Å². The molecule has 2 aliphatic carbocycles. The van der Waals surface area contributed by atoms with E-state index < -0.39 is 0 Å². The van der Waals surface area contributed by atoms with E-state index in [1.807, 2.05) is 18.5 Å². The average Bonchev–Trinajstić information content (AvgIpc) is 3.53. The van der Waals surface area contributed by atoms with Gasteiger partial charge < -0.3 is 0 Å². The summed E-state index contributed by atoms with van der Waals surface area (Å²) >= 11 is 0. The van der Waals surface area contributed by atoms with Crippen LogP contribution in [-0.2, 0) is 10.8 Å². The Bertz CT molecular complexity index is 2520. The van der Waals surface area contributed by atoms with Crippen molar-refractivity contribution in [2.24, 2.45) is 0 Å². The summed E-state index contributed by atoms with van der Waals surface area (Å²) in [5.74, 6) is 0. The van der Waals surface area contributed by atoms with Crippen LogP contribution in [0.15, 0.2) is 146 Å². The van der Waals surface area contributed by atoms with E-state index in [-0.39, 0.29) is 10.8 Å². The van der Waals surface area contributed by atoms with Gasteiger partial charge in [-0.05, 0) is 91.0 Å². The Labute approximate surface area is 293 Å². The summed E-state index contributed by atoms with van der Waals surface area (Å²) in [5.41, 5.74) is 19.8. The number of fused-ring (bicyclic) bond motifs is 8. The number of hydrogen-bond donors (Lipinski definition) is 0. The maximum atomic E-state index is 5.02. The van der Waals surface area contributed by atoms with E-state index in [1.165, 1.54) is 61.2 Å². The van der Waals surface area contributed by atoms with Crippen molar-refractivity contribution < 1.29 is 0 Å². The van der Waals surface area contributed by atoms with E-state index in [1.54, 1.807) is 0 Å². The summed E-state index contributed by atoms with van der Waals surface area (Å²) in [5, 5.41) is 2.28. The summed E-state index contributed by atoms with van der Waals surface area (Å²) in [6.07, 6.45) is 3.83. The normalized spacial score (nSPS) is 14.7. The van der Waals surface area contributed by atoms with Gasteiger partial charge in [0.25, 0.3) is 0 Å². The lowest BCUT2D eigenvalue weighted by atomic mass is 9.81. The molecule has 10 rings (SSSR count).